The Morgan fingerprint density at radius 2 is 1.80 bits per heavy atom. The second-order valence-corrected chi connectivity index (χ2v) is 5.71. The van der Waals surface area contributed by atoms with Crippen LogP contribution >= 0.6 is 11.6 Å². The number of benzene rings is 1. The summed E-state index contributed by atoms with van der Waals surface area (Å²) in [6, 6.07) is 6.95. The number of aliphatic carboxylic acids is 1. The molecule has 4 atom stereocenters. The summed E-state index contributed by atoms with van der Waals surface area (Å²) in [5.74, 6) is -2.32. The predicted molar refractivity (Wildman–Crippen MR) is 75.4 cm³/mol. The van der Waals surface area contributed by atoms with Crippen LogP contribution in [0, 0.1) is 23.7 Å². The number of allylic oxidation sites excluding steroid dienone is 2. The van der Waals surface area contributed by atoms with Crippen LogP contribution in [-0.4, -0.2) is 17.0 Å². The molecule has 2 aliphatic rings. The second-order valence-electron chi connectivity index (χ2n) is 5.31. The van der Waals surface area contributed by atoms with Crippen LogP contribution in [0.15, 0.2) is 36.4 Å². The molecule has 1 saturated carbocycles. The van der Waals surface area contributed by atoms with Crippen molar-refractivity contribution >= 4 is 29.2 Å². The summed E-state index contributed by atoms with van der Waals surface area (Å²) in [5, 5.41) is 12.5. The zero-order valence-corrected chi connectivity index (χ0v) is 11.4. The van der Waals surface area contributed by atoms with Crippen LogP contribution in [-0.2, 0) is 9.59 Å². The third kappa shape index (κ3) is 2.10. The Kier molecular flexibility index (Phi) is 3.26. The van der Waals surface area contributed by atoms with Gasteiger partial charge < -0.3 is 10.4 Å². The molecule has 1 fully saturated rings. The number of amides is 1. The van der Waals surface area contributed by atoms with Gasteiger partial charge in [-0.3, -0.25) is 9.59 Å². The molecular weight excluding hydrogens is 278 g/mol. The van der Waals surface area contributed by atoms with E-state index in [2.05, 4.69) is 5.32 Å². The van der Waals surface area contributed by atoms with Gasteiger partial charge in [0.25, 0.3) is 0 Å². The van der Waals surface area contributed by atoms with Crippen molar-refractivity contribution in [1.82, 2.24) is 0 Å². The molecule has 20 heavy (non-hydrogen) atoms. The van der Waals surface area contributed by atoms with Gasteiger partial charge in [-0.25, -0.2) is 0 Å². The van der Waals surface area contributed by atoms with Crippen molar-refractivity contribution in [3.8, 4) is 0 Å². The van der Waals surface area contributed by atoms with Gasteiger partial charge in [0.2, 0.25) is 5.91 Å². The average molecular weight is 292 g/mol. The van der Waals surface area contributed by atoms with E-state index in [4.69, 9.17) is 11.6 Å². The van der Waals surface area contributed by atoms with Gasteiger partial charge in [-0.05, 0) is 30.4 Å². The molecule has 2 aliphatic carbocycles. The van der Waals surface area contributed by atoms with E-state index in [1.165, 1.54) is 0 Å². The Morgan fingerprint density at radius 3 is 2.45 bits per heavy atom. The van der Waals surface area contributed by atoms with Crippen molar-refractivity contribution in [1.29, 1.82) is 0 Å². The smallest absolute Gasteiger partial charge is 0.307 e. The van der Waals surface area contributed by atoms with E-state index in [9.17, 15) is 14.7 Å². The fourth-order valence-electron chi connectivity index (χ4n) is 3.29. The lowest BCUT2D eigenvalue weighted by Gasteiger charge is -2.24. The molecule has 0 aliphatic heterocycles. The van der Waals surface area contributed by atoms with Crippen LogP contribution in [0.25, 0.3) is 0 Å². The van der Waals surface area contributed by atoms with Crippen molar-refractivity contribution in [3.05, 3.63) is 41.4 Å². The Morgan fingerprint density at radius 1 is 1.15 bits per heavy atom. The summed E-state index contributed by atoms with van der Waals surface area (Å²) in [7, 11) is 0. The Balaban J connectivity index is 1.82. The molecule has 0 aromatic heterocycles. The first kappa shape index (κ1) is 13.2. The highest BCUT2D eigenvalue weighted by atomic mass is 35.5. The van der Waals surface area contributed by atoms with Crippen molar-refractivity contribution < 1.29 is 14.7 Å². The molecule has 4 nitrogen and oxygen atoms in total. The highest BCUT2D eigenvalue weighted by Gasteiger charge is 2.51. The SMILES string of the molecule is O=C(O)[C@@H]1[C@H](C(=O)Nc2ccccc2Cl)[C@H]2C=C[C@H]1C2. The van der Waals surface area contributed by atoms with Gasteiger partial charge in [-0.2, -0.15) is 0 Å². The first-order valence-electron chi connectivity index (χ1n) is 6.54. The van der Waals surface area contributed by atoms with E-state index in [-0.39, 0.29) is 17.7 Å². The summed E-state index contributed by atoms with van der Waals surface area (Å²) in [6.07, 6.45) is 4.63. The molecule has 3 rings (SSSR count). The van der Waals surface area contributed by atoms with Crippen molar-refractivity contribution in [2.75, 3.05) is 5.32 Å². The fourth-order valence-corrected chi connectivity index (χ4v) is 3.48. The Labute approximate surface area is 121 Å². The van der Waals surface area contributed by atoms with E-state index >= 15 is 0 Å². The molecule has 0 saturated heterocycles. The molecule has 1 aromatic rings. The predicted octanol–water partition coefficient (Wildman–Crippen LogP) is 2.80. The third-order valence-electron chi connectivity index (χ3n) is 4.18. The van der Waals surface area contributed by atoms with Gasteiger partial charge in [0.15, 0.2) is 0 Å². The lowest BCUT2D eigenvalue weighted by molar-refractivity contribution is -0.146. The number of carbonyl (C=O) groups excluding carboxylic acids is 1. The molecule has 1 aromatic carbocycles. The lowest BCUT2D eigenvalue weighted by Crippen LogP contribution is -2.36. The summed E-state index contributed by atoms with van der Waals surface area (Å²) in [6.45, 7) is 0. The van der Waals surface area contributed by atoms with Gasteiger partial charge in [0.05, 0.1) is 22.5 Å². The lowest BCUT2D eigenvalue weighted by atomic mass is 9.82. The molecule has 1 amide bonds. The molecule has 5 heteroatoms. The third-order valence-corrected chi connectivity index (χ3v) is 4.51. The largest absolute Gasteiger partial charge is 0.481 e. The van der Waals surface area contributed by atoms with E-state index < -0.39 is 17.8 Å². The highest BCUT2D eigenvalue weighted by molar-refractivity contribution is 6.33. The van der Waals surface area contributed by atoms with Crippen molar-refractivity contribution in [2.24, 2.45) is 23.7 Å². The number of rotatable bonds is 3. The summed E-state index contributed by atoms with van der Waals surface area (Å²) >= 11 is 6.01. The number of carbonyl (C=O) groups is 2. The van der Waals surface area contributed by atoms with Crippen molar-refractivity contribution in [3.63, 3.8) is 0 Å². The maximum Gasteiger partial charge on any atom is 0.307 e. The van der Waals surface area contributed by atoms with E-state index in [0.29, 0.717) is 10.7 Å². The van der Waals surface area contributed by atoms with Crippen LogP contribution in [0.3, 0.4) is 0 Å². The van der Waals surface area contributed by atoms with Gasteiger partial charge in [-0.15, -0.1) is 0 Å². The molecule has 0 unspecified atom stereocenters. The van der Waals surface area contributed by atoms with Crippen LogP contribution < -0.4 is 5.32 Å². The van der Waals surface area contributed by atoms with Gasteiger partial charge >= 0.3 is 5.97 Å². The monoisotopic (exact) mass is 291 g/mol. The number of hydrogen-bond acceptors (Lipinski definition) is 2. The first-order valence-corrected chi connectivity index (χ1v) is 6.92. The average Bonchev–Trinajstić information content (AvgIpc) is 3.01. The van der Waals surface area contributed by atoms with Crippen LogP contribution in [0.2, 0.25) is 5.02 Å². The maximum absolute atomic E-state index is 12.4. The van der Waals surface area contributed by atoms with Crippen molar-refractivity contribution in [2.45, 2.75) is 6.42 Å². The fraction of sp³-hybridized carbons (Fsp3) is 0.333. The van der Waals surface area contributed by atoms with Gasteiger partial charge in [0.1, 0.15) is 0 Å². The molecule has 0 spiro atoms. The number of carboxylic acid groups (broad SMARTS) is 1. The normalized spacial score (nSPS) is 30.4. The second kappa shape index (κ2) is 4.94. The minimum atomic E-state index is -0.902. The van der Waals surface area contributed by atoms with Gasteiger partial charge in [-0.1, -0.05) is 35.9 Å². The number of nitrogens with one attached hydrogen (secondary N) is 1. The van der Waals surface area contributed by atoms with E-state index in [1.807, 2.05) is 12.2 Å². The Bertz CT molecular complexity index is 599. The quantitative estimate of drug-likeness (QED) is 0.842. The number of para-hydroxylation sites is 1. The summed E-state index contributed by atoms with van der Waals surface area (Å²) in [5.41, 5.74) is 0.523. The highest BCUT2D eigenvalue weighted by Crippen LogP contribution is 2.48. The van der Waals surface area contributed by atoms with Crippen LogP contribution in [0.5, 0.6) is 0 Å². The minimum Gasteiger partial charge on any atom is -0.481 e. The summed E-state index contributed by atoms with van der Waals surface area (Å²) < 4.78 is 0. The maximum atomic E-state index is 12.4. The molecule has 0 heterocycles. The van der Waals surface area contributed by atoms with E-state index in [0.717, 1.165) is 6.42 Å². The molecule has 2 bridgehead atoms. The summed E-state index contributed by atoms with van der Waals surface area (Å²) in [4.78, 5) is 23.8. The van der Waals surface area contributed by atoms with Crippen LogP contribution in [0.1, 0.15) is 6.42 Å². The number of fused-ring (bicyclic) bond motifs is 2. The molecule has 2 N–H and O–H groups in total. The number of hydrogen-bond donors (Lipinski definition) is 2. The van der Waals surface area contributed by atoms with E-state index in [1.54, 1.807) is 24.3 Å². The number of halogens is 1. The topological polar surface area (TPSA) is 66.4 Å². The molecule has 104 valence electrons. The molecule has 0 radical (unpaired) electrons. The van der Waals surface area contributed by atoms with Gasteiger partial charge in [0, 0.05) is 0 Å². The number of carboxylic acids is 1. The zero-order valence-electron chi connectivity index (χ0n) is 10.6. The van der Waals surface area contributed by atoms with Crippen LogP contribution in [0.4, 0.5) is 5.69 Å². The zero-order chi connectivity index (χ0) is 14.3. The molecular formula is C15H14ClNO3. The first-order chi connectivity index (χ1) is 9.58. The number of anilines is 1. The standard InChI is InChI=1S/C15H14ClNO3/c16-10-3-1-2-4-11(10)17-14(18)12-8-5-6-9(7-8)13(12)15(19)20/h1-6,8-9,12-13H,7H2,(H,17,18)(H,19,20)/t8-,9-,12+,13-/m0/s1. The Hall–Kier alpha value is -1.81. The minimum absolute atomic E-state index is 0.0172.